The molecule has 0 saturated heterocycles. The van der Waals surface area contributed by atoms with E-state index in [0.717, 1.165) is 11.9 Å². The van der Waals surface area contributed by atoms with Crippen molar-refractivity contribution < 1.29 is 0 Å². The zero-order valence-electron chi connectivity index (χ0n) is 3.01. The van der Waals surface area contributed by atoms with Crippen molar-refractivity contribution in [3.8, 4) is 0 Å². The maximum absolute atomic E-state index is 4.91. The van der Waals surface area contributed by atoms with Crippen molar-refractivity contribution in [3.63, 3.8) is 0 Å². The average Bonchev–Trinajstić information content (AvgIpc) is 1.41. The molecule has 2 N–H and O–H groups in total. The Labute approximate surface area is 35.6 Å². The third kappa shape index (κ3) is 3.98. The molecule has 0 aliphatic heterocycles. The molecule has 0 fully saturated rings. The first-order valence-electron chi connectivity index (χ1n) is 1.18. The number of aliphatic imine (C=N–C) groups is 1. The first kappa shape index (κ1) is 4.98. The highest BCUT2D eigenvalue weighted by Crippen LogP contribution is 1.70. The van der Waals surface area contributed by atoms with Crippen molar-refractivity contribution in [3.05, 3.63) is 0 Å². The van der Waals surface area contributed by atoms with Crippen LogP contribution in [-0.4, -0.2) is 12.6 Å². The van der Waals surface area contributed by atoms with E-state index >= 15 is 0 Å². The van der Waals surface area contributed by atoms with Crippen molar-refractivity contribution in [1.29, 1.82) is 0 Å². The fourth-order valence-electron chi connectivity index (χ4n) is 0.0609. The quantitative estimate of drug-likeness (QED) is 0.285. The minimum absolute atomic E-state index is 1.11. The minimum Gasteiger partial charge on any atom is -0.288 e. The third-order valence-electron chi connectivity index (χ3n) is 0.166. The number of hydrogen-bond donors (Lipinski definition) is 1. The van der Waals surface area contributed by atoms with E-state index in [-0.39, 0.29) is 0 Å². The summed E-state index contributed by atoms with van der Waals surface area (Å²) >= 11 is 1.11. The Kier molecular flexibility index (Phi) is 3.96. The van der Waals surface area contributed by atoms with Gasteiger partial charge < -0.3 is 0 Å². The maximum atomic E-state index is 4.91. The van der Waals surface area contributed by atoms with Crippen molar-refractivity contribution in [2.45, 2.75) is 0 Å². The lowest BCUT2D eigenvalue weighted by Gasteiger charge is -1.66. The third-order valence-corrected chi connectivity index (χ3v) is 0.499. The fraction of sp³-hybridized carbons (Fsp3) is 0.500. The first-order chi connectivity index (χ1) is 2.41. The Bertz CT molecular complexity index is 34.6. The molecule has 3 heteroatoms. The highest BCUT2D eigenvalue weighted by atomic mass is 32.2. The molecule has 0 aliphatic carbocycles. The number of nitrogens with two attached hydrogens (primary N) is 1. The Hall–Kier alpha value is -0.0200. The molecule has 0 aromatic heterocycles. The lowest BCUT2D eigenvalue weighted by molar-refractivity contribution is 1.49. The van der Waals surface area contributed by atoms with Gasteiger partial charge in [-0.25, -0.2) is 0 Å². The molecule has 0 aromatic rings. The predicted octanol–water partition coefficient (Wildman–Crippen LogP) is 0.251. The van der Waals surface area contributed by atoms with Crippen LogP contribution < -0.4 is 5.14 Å². The molecule has 0 spiro atoms. The van der Waals surface area contributed by atoms with Gasteiger partial charge in [-0.2, -0.15) is 0 Å². The molecular formula is C2H6N2S. The standard InChI is InChI=1S/C2H6N2S/c1-4-2-5-3/h2H,3H2,1H3. The van der Waals surface area contributed by atoms with Gasteiger partial charge in [-0.15, -0.1) is 0 Å². The Balaban J connectivity index is 2.62. The van der Waals surface area contributed by atoms with Gasteiger partial charge in [0.05, 0.1) is 5.55 Å². The SMILES string of the molecule is CN=CSN. The number of nitrogens with zero attached hydrogens (tertiary/aromatic N) is 1. The summed E-state index contributed by atoms with van der Waals surface area (Å²) in [5.41, 5.74) is 1.57. The molecule has 5 heavy (non-hydrogen) atoms. The summed E-state index contributed by atoms with van der Waals surface area (Å²) < 4.78 is 0. The smallest absolute Gasteiger partial charge is 0.0688 e. The second kappa shape index (κ2) is 3.98. The van der Waals surface area contributed by atoms with Crippen LogP contribution in [0.25, 0.3) is 0 Å². The summed E-state index contributed by atoms with van der Waals surface area (Å²) in [6.45, 7) is 0. The topological polar surface area (TPSA) is 38.4 Å². The molecule has 0 rings (SSSR count). The van der Waals surface area contributed by atoms with Gasteiger partial charge >= 0.3 is 0 Å². The first-order valence-corrected chi connectivity index (χ1v) is 2.12. The molecule has 0 amide bonds. The van der Waals surface area contributed by atoms with Gasteiger partial charge in [0.25, 0.3) is 0 Å². The van der Waals surface area contributed by atoms with Gasteiger partial charge in [0, 0.05) is 7.05 Å². The second-order valence-corrected chi connectivity index (χ2v) is 0.983. The molecule has 0 aromatic carbocycles. The molecule has 0 radical (unpaired) electrons. The van der Waals surface area contributed by atoms with Gasteiger partial charge in [-0.3, -0.25) is 10.1 Å². The molecule has 0 atom stereocenters. The average molecular weight is 90.2 g/mol. The zero-order chi connectivity index (χ0) is 4.12. The largest absolute Gasteiger partial charge is 0.288 e. The lowest BCUT2D eigenvalue weighted by Crippen LogP contribution is -1.72. The molecule has 30 valence electrons. The summed E-state index contributed by atoms with van der Waals surface area (Å²) in [5, 5.41) is 4.91. The van der Waals surface area contributed by atoms with Crippen LogP contribution in [0.2, 0.25) is 0 Å². The normalized spacial score (nSPS) is 10.0. The van der Waals surface area contributed by atoms with Gasteiger partial charge in [-0.1, -0.05) is 0 Å². The molecule has 0 unspecified atom stereocenters. The van der Waals surface area contributed by atoms with Crippen molar-refractivity contribution in [2.75, 3.05) is 7.05 Å². The highest BCUT2D eigenvalue weighted by Gasteiger charge is 1.52. The summed E-state index contributed by atoms with van der Waals surface area (Å²) in [4.78, 5) is 3.57. The summed E-state index contributed by atoms with van der Waals surface area (Å²) in [6.07, 6.45) is 0. The minimum atomic E-state index is 1.11. The Morgan fingerprint density at radius 1 is 2.00 bits per heavy atom. The van der Waals surface area contributed by atoms with Crippen LogP contribution in [0.15, 0.2) is 4.99 Å². The molecule has 0 bridgehead atoms. The van der Waals surface area contributed by atoms with Crippen LogP contribution in [0.1, 0.15) is 0 Å². The van der Waals surface area contributed by atoms with Crippen molar-refractivity contribution in [1.82, 2.24) is 0 Å². The number of hydrogen-bond acceptors (Lipinski definition) is 3. The zero-order valence-corrected chi connectivity index (χ0v) is 3.83. The van der Waals surface area contributed by atoms with Crippen LogP contribution in [-0.2, 0) is 0 Å². The van der Waals surface area contributed by atoms with Crippen LogP contribution >= 0.6 is 11.9 Å². The Morgan fingerprint density at radius 2 is 2.60 bits per heavy atom. The fourth-order valence-corrected chi connectivity index (χ4v) is 0.183. The highest BCUT2D eigenvalue weighted by molar-refractivity contribution is 8.10. The molecular weight excluding hydrogens is 84.1 g/mol. The van der Waals surface area contributed by atoms with Crippen molar-refractivity contribution in [2.24, 2.45) is 10.1 Å². The monoisotopic (exact) mass is 90.0 g/mol. The van der Waals surface area contributed by atoms with Gasteiger partial charge in [0.1, 0.15) is 0 Å². The van der Waals surface area contributed by atoms with Gasteiger partial charge in [0.15, 0.2) is 0 Å². The summed E-state index contributed by atoms with van der Waals surface area (Å²) in [5.74, 6) is 0. The van der Waals surface area contributed by atoms with E-state index < -0.39 is 0 Å². The van der Waals surface area contributed by atoms with Crippen LogP contribution in [0.5, 0.6) is 0 Å². The van der Waals surface area contributed by atoms with E-state index in [2.05, 4.69) is 4.99 Å². The Morgan fingerprint density at radius 3 is 2.60 bits per heavy atom. The van der Waals surface area contributed by atoms with E-state index in [1.165, 1.54) is 0 Å². The van der Waals surface area contributed by atoms with E-state index in [4.69, 9.17) is 5.14 Å². The lowest BCUT2D eigenvalue weighted by atomic mass is 11.4. The van der Waals surface area contributed by atoms with Crippen LogP contribution in [0.3, 0.4) is 0 Å². The summed E-state index contributed by atoms with van der Waals surface area (Å²) in [7, 11) is 1.68. The van der Waals surface area contributed by atoms with Crippen molar-refractivity contribution >= 4 is 17.5 Å². The van der Waals surface area contributed by atoms with E-state index in [1.54, 1.807) is 12.6 Å². The predicted molar refractivity (Wildman–Crippen MR) is 26.2 cm³/mol. The van der Waals surface area contributed by atoms with Crippen LogP contribution in [0, 0.1) is 0 Å². The number of rotatable bonds is 1. The van der Waals surface area contributed by atoms with Gasteiger partial charge in [0.2, 0.25) is 0 Å². The van der Waals surface area contributed by atoms with E-state index in [9.17, 15) is 0 Å². The molecule has 0 aliphatic rings. The van der Waals surface area contributed by atoms with E-state index in [1.807, 2.05) is 0 Å². The maximum Gasteiger partial charge on any atom is 0.0688 e. The van der Waals surface area contributed by atoms with Gasteiger partial charge in [-0.05, 0) is 11.9 Å². The molecule has 0 heterocycles. The second-order valence-electron chi connectivity index (χ2n) is 0.500. The molecule has 2 nitrogen and oxygen atoms in total. The van der Waals surface area contributed by atoms with E-state index in [0.29, 0.717) is 0 Å². The summed E-state index contributed by atoms with van der Waals surface area (Å²) in [6, 6.07) is 0. The van der Waals surface area contributed by atoms with Crippen LogP contribution in [0.4, 0.5) is 0 Å². The molecule has 0 saturated carbocycles.